The van der Waals surface area contributed by atoms with Gasteiger partial charge < -0.3 is 14.4 Å². The molecule has 0 aliphatic rings. The van der Waals surface area contributed by atoms with Gasteiger partial charge in [-0.05, 0) is 43.2 Å². The lowest BCUT2D eigenvalue weighted by Crippen LogP contribution is -2.26. The average molecular weight is 338 g/mol. The molecule has 0 aliphatic heterocycles. The molecule has 1 heterocycles. The molecule has 1 atom stereocenters. The van der Waals surface area contributed by atoms with E-state index in [0.29, 0.717) is 5.75 Å². The summed E-state index contributed by atoms with van der Waals surface area (Å²) in [5.41, 5.74) is 1.58. The molecule has 0 unspecified atom stereocenters. The third-order valence-electron chi connectivity index (χ3n) is 3.64. The molecule has 1 aromatic carbocycles. The number of nitrogens with zero attached hydrogens (tertiary/aromatic N) is 1. The van der Waals surface area contributed by atoms with Gasteiger partial charge in [-0.15, -0.1) is 0 Å². The lowest BCUT2D eigenvalue weighted by molar-refractivity contribution is 0.161. The summed E-state index contributed by atoms with van der Waals surface area (Å²) >= 11 is 0. The maximum atomic E-state index is 12.4. The van der Waals surface area contributed by atoms with Crippen LogP contribution in [0.4, 0.5) is 0 Å². The van der Waals surface area contributed by atoms with Gasteiger partial charge >= 0.3 is 0 Å². The molecule has 6 nitrogen and oxygen atoms in total. The first kappa shape index (κ1) is 17.5. The Bertz CT molecular complexity index is 768. The van der Waals surface area contributed by atoms with Crippen molar-refractivity contribution in [1.82, 2.24) is 9.29 Å². The van der Waals surface area contributed by atoms with Crippen LogP contribution in [0.3, 0.4) is 0 Å². The molecule has 126 valence electrons. The Morgan fingerprint density at radius 1 is 1.35 bits per heavy atom. The van der Waals surface area contributed by atoms with Crippen LogP contribution in [0.15, 0.2) is 41.4 Å². The van der Waals surface area contributed by atoms with Crippen LogP contribution in [0.5, 0.6) is 5.75 Å². The van der Waals surface area contributed by atoms with Gasteiger partial charge in [0.15, 0.2) is 0 Å². The van der Waals surface area contributed by atoms with E-state index < -0.39 is 16.1 Å². The first-order valence-electron chi connectivity index (χ1n) is 7.29. The third kappa shape index (κ3) is 4.13. The van der Waals surface area contributed by atoms with Gasteiger partial charge in [0.2, 0.25) is 10.0 Å². The van der Waals surface area contributed by atoms with Gasteiger partial charge in [0.05, 0.1) is 13.2 Å². The summed E-state index contributed by atoms with van der Waals surface area (Å²) in [7, 11) is -0.426. The number of hydrogen-bond acceptors (Lipinski definition) is 4. The van der Waals surface area contributed by atoms with Crippen molar-refractivity contribution < 1.29 is 18.3 Å². The van der Waals surface area contributed by atoms with Crippen LogP contribution >= 0.6 is 0 Å². The maximum Gasteiger partial charge on any atom is 0.244 e. The monoisotopic (exact) mass is 338 g/mol. The van der Waals surface area contributed by atoms with Crippen LogP contribution in [0, 0.1) is 6.92 Å². The smallest absolute Gasteiger partial charge is 0.244 e. The Balaban J connectivity index is 2.05. The molecule has 0 radical (unpaired) electrons. The second-order valence-electron chi connectivity index (χ2n) is 5.40. The predicted molar refractivity (Wildman–Crippen MR) is 87.9 cm³/mol. The zero-order valence-electron chi connectivity index (χ0n) is 13.5. The Morgan fingerprint density at radius 2 is 2.09 bits per heavy atom. The average Bonchev–Trinajstić information content (AvgIpc) is 2.93. The van der Waals surface area contributed by atoms with Crippen molar-refractivity contribution in [2.24, 2.45) is 7.05 Å². The third-order valence-corrected chi connectivity index (χ3v) is 5.13. The summed E-state index contributed by atoms with van der Waals surface area (Å²) < 4.78 is 34.3. The van der Waals surface area contributed by atoms with Gasteiger partial charge in [0.25, 0.3) is 0 Å². The van der Waals surface area contributed by atoms with E-state index in [1.165, 1.54) is 7.11 Å². The van der Waals surface area contributed by atoms with Gasteiger partial charge in [-0.2, -0.15) is 0 Å². The standard InChI is InChI=1S/C16H22N2O4S/c1-12-6-7-15(22-3)16(11-12)23(20,21)17-9-8-14(19)13-5-4-10-18(13)2/h4-7,10-11,14,17,19H,8-9H2,1-3H3/t14-/m1/s1. The summed E-state index contributed by atoms with van der Waals surface area (Å²) in [4.78, 5) is 0.105. The number of sulfonamides is 1. The molecule has 0 saturated carbocycles. The molecule has 7 heteroatoms. The Hall–Kier alpha value is -1.83. The number of aliphatic hydroxyl groups excluding tert-OH is 1. The second-order valence-corrected chi connectivity index (χ2v) is 7.14. The molecule has 2 rings (SSSR count). The Morgan fingerprint density at radius 3 is 2.70 bits per heavy atom. The van der Waals surface area contributed by atoms with E-state index in [4.69, 9.17) is 4.74 Å². The number of benzene rings is 1. The van der Waals surface area contributed by atoms with Crippen molar-refractivity contribution in [2.75, 3.05) is 13.7 Å². The van der Waals surface area contributed by atoms with Crippen LogP contribution in [0.25, 0.3) is 0 Å². The van der Waals surface area contributed by atoms with Crippen LogP contribution in [-0.4, -0.2) is 31.7 Å². The minimum Gasteiger partial charge on any atom is -0.495 e. The van der Waals surface area contributed by atoms with Crippen molar-refractivity contribution in [3.8, 4) is 5.75 Å². The van der Waals surface area contributed by atoms with Crippen molar-refractivity contribution in [2.45, 2.75) is 24.3 Å². The molecular formula is C16H22N2O4S. The van der Waals surface area contributed by atoms with E-state index in [0.717, 1.165) is 11.3 Å². The highest BCUT2D eigenvalue weighted by Gasteiger charge is 2.20. The first-order chi connectivity index (χ1) is 10.8. The molecule has 2 N–H and O–H groups in total. The van der Waals surface area contributed by atoms with E-state index in [1.54, 1.807) is 18.2 Å². The molecule has 0 fully saturated rings. The fraction of sp³-hybridized carbons (Fsp3) is 0.375. The molecule has 0 aliphatic carbocycles. The van der Waals surface area contributed by atoms with Crippen LogP contribution in [-0.2, 0) is 17.1 Å². The zero-order valence-corrected chi connectivity index (χ0v) is 14.3. The molecule has 1 aromatic heterocycles. The number of hydrogen-bond donors (Lipinski definition) is 2. The highest BCUT2D eigenvalue weighted by Crippen LogP contribution is 2.24. The highest BCUT2D eigenvalue weighted by atomic mass is 32.2. The van der Waals surface area contributed by atoms with Crippen molar-refractivity contribution in [3.63, 3.8) is 0 Å². The van der Waals surface area contributed by atoms with Crippen LogP contribution in [0.2, 0.25) is 0 Å². The summed E-state index contributed by atoms with van der Waals surface area (Å²) in [6.07, 6.45) is 1.39. The Kier molecular flexibility index (Phi) is 5.46. The van der Waals surface area contributed by atoms with E-state index in [1.807, 2.05) is 36.9 Å². The lowest BCUT2D eigenvalue weighted by atomic mass is 10.2. The van der Waals surface area contributed by atoms with E-state index in [9.17, 15) is 13.5 Å². The maximum absolute atomic E-state index is 12.4. The lowest BCUT2D eigenvalue weighted by Gasteiger charge is -2.14. The minimum atomic E-state index is -3.69. The molecule has 0 spiro atoms. The molecular weight excluding hydrogens is 316 g/mol. The predicted octanol–water partition coefficient (Wildman–Crippen LogP) is 1.74. The topological polar surface area (TPSA) is 80.6 Å². The molecule has 23 heavy (non-hydrogen) atoms. The second kappa shape index (κ2) is 7.16. The fourth-order valence-electron chi connectivity index (χ4n) is 2.37. The summed E-state index contributed by atoms with van der Waals surface area (Å²) in [5.74, 6) is 0.297. The van der Waals surface area contributed by atoms with E-state index >= 15 is 0 Å². The normalized spacial score (nSPS) is 13.0. The van der Waals surface area contributed by atoms with Gasteiger partial charge in [0.1, 0.15) is 10.6 Å². The SMILES string of the molecule is COc1ccc(C)cc1S(=O)(=O)NCC[C@@H](O)c1cccn1C. The number of nitrogens with one attached hydrogen (secondary N) is 1. The molecule has 0 bridgehead atoms. The number of rotatable bonds is 7. The van der Waals surface area contributed by atoms with E-state index in [-0.39, 0.29) is 17.9 Å². The van der Waals surface area contributed by atoms with Crippen molar-refractivity contribution >= 4 is 10.0 Å². The van der Waals surface area contributed by atoms with Crippen LogP contribution < -0.4 is 9.46 Å². The van der Waals surface area contributed by atoms with Gasteiger partial charge in [-0.25, -0.2) is 13.1 Å². The zero-order chi connectivity index (χ0) is 17.0. The minimum absolute atomic E-state index is 0.105. The molecule has 0 amide bonds. The molecule has 2 aromatic rings. The molecule has 0 saturated heterocycles. The van der Waals surface area contributed by atoms with Gasteiger partial charge in [-0.1, -0.05) is 6.07 Å². The van der Waals surface area contributed by atoms with Gasteiger partial charge in [-0.3, -0.25) is 0 Å². The first-order valence-corrected chi connectivity index (χ1v) is 8.77. The van der Waals surface area contributed by atoms with Gasteiger partial charge in [0, 0.05) is 25.5 Å². The highest BCUT2D eigenvalue weighted by molar-refractivity contribution is 7.89. The summed E-state index contributed by atoms with van der Waals surface area (Å²) in [6.45, 7) is 1.95. The van der Waals surface area contributed by atoms with E-state index in [2.05, 4.69) is 4.72 Å². The Labute approximate surface area is 136 Å². The van der Waals surface area contributed by atoms with Crippen molar-refractivity contribution in [1.29, 1.82) is 0 Å². The number of aliphatic hydroxyl groups is 1. The number of methoxy groups -OCH3 is 1. The van der Waals surface area contributed by atoms with Crippen molar-refractivity contribution in [3.05, 3.63) is 47.8 Å². The largest absolute Gasteiger partial charge is 0.495 e. The number of aromatic nitrogens is 1. The quantitative estimate of drug-likeness (QED) is 0.806. The van der Waals surface area contributed by atoms with Crippen LogP contribution in [0.1, 0.15) is 23.8 Å². The summed E-state index contributed by atoms with van der Waals surface area (Å²) in [5, 5.41) is 10.1. The summed E-state index contributed by atoms with van der Waals surface area (Å²) in [6, 6.07) is 8.62. The number of aryl methyl sites for hydroxylation is 2. The number of ether oxygens (including phenoxy) is 1. The fourth-order valence-corrected chi connectivity index (χ4v) is 3.67.